The Bertz CT molecular complexity index is 959. The first-order chi connectivity index (χ1) is 14.2. The molecule has 0 saturated heterocycles. The van der Waals surface area contributed by atoms with Gasteiger partial charge in [0.25, 0.3) is 5.91 Å². The van der Waals surface area contributed by atoms with E-state index in [9.17, 15) is 18.0 Å². The number of hydrogen-bond donors (Lipinski definition) is 3. The Hall–Kier alpha value is -2.80. The van der Waals surface area contributed by atoms with Gasteiger partial charge in [-0.15, -0.1) is 0 Å². The molecule has 30 heavy (non-hydrogen) atoms. The first kappa shape index (κ1) is 21.9. The van der Waals surface area contributed by atoms with E-state index in [0.29, 0.717) is 31.0 Å². The summed E-state index contributed by atoms with van der Waals surface area (Å²) in [7, 11) is 0. The first-order valence-corrected chi connectivity index (χ1v) is 9.97. The van der Waals surface area contributed by atoms with Crippen LogP contribution in [0.2, 0.25) is 0 Å². The molecule has 4 nitrogen and oxygen atoms in total. The van der Waals surface area contributed by atoms with E-state index in [1.54, 1.807) is 18.2 Å². The molecule has 0 unspecified atom stereocenters. The average Bonchev–Trinajstić information content (AvgIpc) is 2.69. The van der Waals surface area contributed by atoms with Crippen LogP contribution >= 0.6 is 0 Å². The van der Waals surface area contributed by atoms with Crippen LogP contribution in [-0.4, -0.2) is 24.5 Å². The average molecular weight is 417 g/mol. The Morgan fingerprint density at radius 1 is 1.13 bits per heavy atom. The summed E-state index contributed by atoms with van der Waals surface area (Å²) in [5, 5.41) is 6.13. The summed E-state index contributed by atoms with van der Waals surface area (Å²) in [6.45, 7) is 4.33. The lowest BCUT2D eigenvalue weighted by Gasteiger charge is -2.29. The van der Waals surface area contributed by atoms with Crippen LogP contribution in [0.4, 0.5) is 18.9 Å². The molecule has 7 heteroatoms. The quantitative estimate of drug-likeness (QED) is 0.479. The van der Waals surface area contributed by atoms with E-state index in [1.165, 1.54) is 0 Å². The lowest BCUT2D eigenvalue weighted by atomic mass is 9.80. The maximum Gasteiger partial charge on any atom is 0.251 e. The van der Waals surface area contributed by atoms with E-state index in [4.69, 9.17) is 5.73 Å². The van der Waals surface area contributed by atoms with Gasteiger partial charge >= 0.3 is 0 Å². The molecule has 0 heterocycles. The number of nitrogens with one attached hydrogen (secondary N) is 2. The zero-order valence-electron chi connectivity index (χ0n) is 17.0. The van der Waals surface area contributed by atoms with Crippen LogP contribution in [0.3, 0.4) is 0 Å². The van der Waals surface area contributed by atoms with Gasteiger partial charge in [-0.1, -0.05) is 17.7 Å². The largest absolute Gasteiger partial charge is 0.381 e. The van der Waals surface area contributed by atoms with Crippen molar-refractivity contribution in [3.8, 4) is 0 Å². The molecule has 160 valence electrons. The highest BCUT2D eigenvalue weighted by molar-refractivity contribution is 5.95. The van der Waals surface area contributed by atoms with Gasteiger partial charge in [0.15, 0.2) is 11.6 Å². The second kappa shape index (κ2) is 9.34. The van der Waals surface area contributed by atoms with Crippen LogP contribution in [0.5, 0.6) is 0 Å². The summed E-state index contributed by atoms with van der Waals surface area (Å²) in [5.41, 5.74) is 8.75. The Balaban J connectivity index is 1.65. The van der Waals surface area contributed by atoms with Gasteiger partial charge in [-0.25, -0.2) is 13.2 Å². The van der Waals surface area contributed by atoms with Gasteiger partial charge in [-0.05, 0) is 56.5 Å². The zero-order valence-corrected chi connectivity index (χ0v) is 17.0. The SMILES string of the molecule is CC(C)NC(=O)c1cccc(NCC2=CC[C@@H](c3cc(F)c(F)cc3F)[C@H](N)C2)c1. The monoisotopic (exact) mass is 417 g/mol. The highest BCUT2D eigenvalue weighted by Gasteiger charge is 2.27. The van der Waals surface area contributed by atoms with Gasteiger partial charge in [0.05, 0.1) is 0 Å². The second-order valence-corrected chi connectivity index (χ2v) is 7.92. The van der Waals surface area contributed by atoms with E-state index in [-0.39, 0.29) is 17.5 Å². The normalized spacial score (nSPS) is 18.8. The molecule has 0 aromatic heterocycles. The number of anilines is 1. The number of amides is 1. The summed E-state index contributed by atoms with van der Waals surface area (Å²) in [4.78, 5) is 12.2. The number of allylic oxidation sites excluding steroid dienone is 1. The minimum absolute atomic E-state index is 0.0513. The van der Waals surface area contributed by atoms with Gasteiger partial charge < -0.3 is 16.4 Å². The molecule has 0 bridgehead atoms. The highest BCUT2D eigenvalue weighted by atomic mass is 19.2. The molecule has 1 aliphatic carbocycles. The molecule has 0 radical (unpaired) electrons. The fourth-order valence-electron chi connectivity index (χ4n) is 3.65. The van der Waals surface area contributed by atoms with E-state index in [2.05, 4.69) is 10.6 Å². The number of nitrogens with two attached hydrogens (primary N) is 1. The molecule has 0 saturated carbocycles. The molecule has 0 spiro atoms. The van der Waals surface area contributed by atoms with Crippen LogP contribution in [0.25, 0.3) is 0 Å². The highest BCUT2D eigenvalue weighted by Crippen LogP contribution is 2.33. The Labute approximate surface area is 174 Å². The second-order valence-electron chi connectivity index (χ2n) is 7.92. The van der Waals surface area contributed by atoms with Crippen molar-refractivity contribution in [2.24, 2.45) is 5.73 Å². The molecule has 0 fully saturated rings. The van der Waals surface area contributed by atoms with Crippen LogP contribution in [0.15, 0.2) is 48.0 Å². The third-order valence-corrected chi connectivity index (χ3v) is 5.18. The Kier molecular flexibility index (Phi) is 6.82. The van der Waals surface area contributed by atoms with Crippen molar-refractivity contribution < 1.29 is 18.0 Å². The molecule has 1 aliphatic rings. The van der Waals surface area contributed by atoms with Crippen molar-refractivity contribution in [1.29, 1.82) is 0 Å². The Morgan fingerprint density at radius 3 is 2.57 bits per heavy atom. The zero-order chi connectivity index (χ0) is 21.8. The maximum atomic E-state index is 14.1. The minimum atomic E-state index is -1.20. The predicted octanol–water partition coefficient (Wildman–Crippen LogP) is 4.49. The van der Waals surface area contributed by atoms with Crippen LogP contribution in [-0.2, 0) is 0 Å². The van der Waals surface area contributed by atoms with Gasteiger partial charge in [0.1, 0.15) is 5.82 Å². The summed E-state index contributed by atoms with van der Waals surface area (Å²) in [6, 6.07) is 8.32. The molecule has 1 amide bonds. The lowest BCUT2D eigenvalue weighted by molar-refractivity contribution is 0.0943. The standard InChI is InChI=1S/C23H26F3N3O/c1-13(2)29-23(30)15-4-3-5-16(9-15)28-12-14-6-7-17(22(27)8-14)18-10-20(25)21(26)11-19(18)24/h3-6,9-11,13,17,22,28H,7-8,12,27H2,1-2H3,(H,29,30)/t17-,22+/m0/s1. The van der Waals surface area contributed by atoms with Gasteiger partial charge in [0.2, 0.25) is 0 Å². The van der Waals surface area contributed by atoms with Gasteiger partial charge in [-0.3, -0.25) is 4.79 Å². The molecular weight excluding hydrogens is 391 g/mol. The van der Waals surface area contributed by atoms with E-state index >= 15 is 0 Å². The van der Waals surface area contributed by atoms with Crippen LogP contribution in [0, 0.1) is 17.5 Å². The lowest BCUT2D eigenvalue weighted by Crippen LogP contribution is -2.33. The number of carbonyl (C=O) groups is 1. The van der Waals surface area contributed by atoms with Crippen molar-refractivity contribution in [1.82, 2.24) is 5.32 Å². The van der Waals surface area contributed by atoms with E-state index in [1.807, 2.05) is 26.0 Å². The van der Waals surface area contributed by atoms with E-state index < -0.39 is 29.4 Å². The minimum Gasteiger partial charge on any atom is -0.381 e. The number of halogens is 3. The summed E-state index contributed by atoms with van der Waals surface area (Å²) in [6.07, 6.45) is 2.90. The molecule has 2 aromatic carbocycles. The summed E-state index contributed by atoms with van der Waals surface area (Å²) in [5.74, 6) is -3.60. The number of rotatable bonds is 6. The van der Waals surface area contributed by atoms with Crippen molar-refractivity contribution in [3.63, 3.8) is 0 Å². The fraction of sp³-hybridized carbons (Fsp3) is 0.348. The van der Waals surface area contributed by atoms with E-state index in [0.717, 1.165) is 17.3 Å². The number of benzene rings is 2. The fourth-order valence-corrected chi connectivity index (χ4v) is 3.65. The van der Waals surface area contributed by atoms with Crippen molar-refractivity contribution in [2.75, 3.05) is 11.9 Å². The van der Waals surface area contributed by atoms with Crippen molar-refractivity contribution in [2.45, 2.75) is 44.7 Å². The topological polar surface area (TPSA) is 67.2 Å². The van der Waals surface area contributed by atoms with Crippen LogP contribution in [0.1, 0.15) is 48.5 Å². The molecule has 2 atom stereocenters. The van der Waals surface area contributed by atoms with Crippen molar-refractivity contribution >= 4 is 11.6 Å². The third-order valence-electron chi connectivity index (χ3n) is 5.18. The van der Waals surface area contributed by atoms with Crippen molar-refractivity contribution in [3.05, 3.63) is 76.6 Å². The van der Waals surface area contributed by atoms with Gasteiger partial charge in [0, 0.05) is 41.9 Å². The predicted molar refractivity (Wildman–Crippen MR) is 112 cm³/mol. The number of carbonyl (C=O) groups excluding carboxylic acids is 1. The summed E-state index contributed by atoms with van der Waals surface area (Å²) < 4.78 is 40.9. The maximum absolute atomic E-state index is 14.1. The first-order valence-electron chi connectivity index (χ1n) is 9.97. The third kappa shape index (κ3) is 5.21. The van der Waals surface area contributed by atoms with Gasteiger partial charge in [-0.2, -0.15) is 0 Å². The molecule has 2 aromatic rings. The smallest absolute Gasteiger partial charge is 0.251 e. The van der Waals surface area contributed by atoms with Crippen LogP contribution < -0.4 is 16.4 Å². The molecular formula is C23H26F3N3O. The molecule has 4 N–H and O–H groups in total. The number of hydrogen-bond acceptors (Lipinski definition) is 3. The molecule has 0 aliphatic heterocycles. The molecule has 3 rings (SSSR count). The summed E-state index contributed by atoms with van der Waals surface area (Å²) >= 11 is 0. The Morgan fingerprint density at radius 2 is 1.87 bits per heavy atom.